The van der Waals surface area contributed by atoms with E-state index >= 15 is 4.39 Å². The molecule has 41 heavy (non-hydrogen) atoms. The van der Waals surface area contributed by atoms with Crippen molar-refractivity contribution in [3.05, 3.63) is 87.5 Å². The third-order valence-corrected chi connectivity index (χ3v) is 6.35. The molecule has 3 N–H and O–H groups in total. The van der Waals surface area contributed by atoms with Crippen LogP contribution in [0.2, 0.25) is 5.02 Å². The second kappa shape index (κ2) is 11.7. The van der Waals surface area contributed by atoms with Crippen LogP contribution in [0.15, 0.2) is 55.0 Å². The number of hydrogen-bond donors (Lipinski definition) is 2. The molecule has 1 aliphatic rings. The highest BCUT2D eigenvalue weighted by Gasteiger charge is 2.26. The molecule has 0 unspecified atom stereocenters. The van der Waals surface area contributed by atoms with Crippen molar-refractivity contribution in [1.29, 1.82) is 0 Å². The highest BCUT2D eigenvalue weighted by molar-refractivity contribution is 6.31. The van der Waals surface area contributed by atoms with Crippen molar-refractivity contribution in [1.82, 2.24) is 24.5 Å². The monoisotopic (exact) mass is 582 g/mol. The minimum absolute atomic E-state index is 0.00712. The number of nitrogens with one attached hydrogen (secondary N) is 1. The second-order valence-electron chi connectivity index (χ2n) is 8.57. The zero-order chi connectivity index (χ0) is 29.1. The first-order valence-corrected chi connectivity index (χ1v) is 12.4. The number of rotatable bonds is 5. The molecule has 0 bridgehead atoms. The summed E-state index contributed by atoms with van der Waals surface area (Å²) in [6, 6.07) is 8.86. The molecule has 6 rings (SSSR count). The molecule has 210 valence electrons. The van der Waals surface area contributed by atoms with E-state index in [1.165, 1.54) is 7.11 Å². The maximum absolute atomic E-state index is 15.0. The highest BCUT2D eigenvalue weighted by Crippen LogP contribution is 2.39. The molecule has 12 nitrogen and oxygen atoms in total. The predicted octanol–water partition coefficient (Wildman–Crippen LogP) is 5.28. The van der Waals surface area contributed by atoms with Crippen LogP contribution in [0.4, 0.5) is 32.1 Å². The quantitative estimate of drug-likeness (QED) is 0.206. The fourth-order valence-corrected chi connectivity index (χ4v) is 4.52. The maximum atomic E-state index is 15.0. The van der Waals surface area contributed by atoms with Crippen LogP contribution in [-0.2, 0) is 17.9 Å². The SMILES string of the molecule is COc1cc(F)c([N+](=O)[O-])cc1Nc1ncc(F)c(-c2c3n(c4cc(Cl)ccc24)CCOC3)n1.Nc1ncccn1. The first-order chi connectivity index (χ1) is 19.8. The largest absolute Gasteiger partial charge is 0.494 e. The molecule has 1 aliphatic heterocycles. The van der Waals surface area contributed by atoms with Gasteiger partial charge in [-0.3, -0.25) is 10.1 Å². The van der Waals surface area contributed by atoms with Gasteiger partial charge in [0.25, 0.3) is 0 Å². The minimum atomic E-state index is -1.06. The Morgan fingerprint density at radius 1 is 1.17 bits per heavy atom. The molecule has 0 saturated carbocycles. The molecule has 0 aliphatic carbocycles. The van der Waals surface area contributed by atoms with Crippen molar-refractivity contribution in [2.24, 2.45) is 0 Å². The average Bonchev–Trinajstić information content (AvgIpc) is 3.28. The smallest absolute Gasteiger partial charge is 0.307 e. The lowest BCUT2D eigenvalue weighted by Gasteiger charge is -2.18. The molecule has 3 aromatic heterocycles. The van der Waals surface area contributed by atoms with Gasteiger partial charge in [0.2, 0.25) is 17.7 Å². The molecule has 0 saturated heterocycles. The van der Waals surface area contributed by atoms with Gasteiger partial charge in [-0.15, -0.1) is 0 Å². The fourth-order valence-electron chi connectivity index (χ4n) is 4.35. The lowest BCUT2D eigenvalue weighted by atomic mass is 10.1. The number of aromatic nitrogens is 5. The highest BCUT2D eigenvalue weighted by atomic mass is 35.5. The van der Waals surface area contributed by atoms with E-state index in [0.29, 0.717) is 29.7 Å². The first kappa shape index (κ1) is 27.6. The van der Waals surface area contributed by atoms with Crippen LogP contribution in [0, 0.1) is 21.7 Å². The maximum Gasteiger partial charge on any atom is 0.307 e. The Hall–Kier alpha value is -4.95. The Morgan fingerprint density at radius 2 is 1.95 bits per heavy atom. The van der Waals surface area contributed by atoms with Crippen LogP contribution in [0.3, 0.4) is 0 Å². The molecule has 15 heteroatoms. The van der Waals surface area contributed by atoms with Gasteiger partial charge >= 0.3 is 5.69 Å². The second-order valence-corrected chi connectivity index (χ2v) is 9.01. The molecule has 0 atom stereocenters. The van der Waals surface area contributed by atoms with E-state index in [2.05, 4.69) is 25.3 Å². The summed E-state index contributed by atoms with van der Waals surface area (Å²) in [7, 11) is 1.29. The molecule has 0 fully saturated rings. The zero-order valence-electron chi connectivity index (χ0n) is 21.3. The minimum Gasteiger partial charge on any atom is -0.494 e. The van der Waals surface area contributed by atoms with E-state index in [0.717, 1.165) is 34.9 Å². The van der Waals surface area contributed by atoms with E-state index in [1.807, 2.05) is 4.57 Å². The van der Waals surface area contributed by atoms with Gasteiger partial charge in [-0.2, -0.15) is 4.39 Å². The van der Waals surface area contributed by atoms with Crippen molar-refractivity contribution < 1.29 is 23.2 Å². The molecule has 5 aromatic rings. The number of ether oxygens (including phenoxy) is 2. The lowest BCUT2D eigenvalue weighted by Crippen LogP contribution is -2.16. The van der Waals surface area contributed by atoms with Crippen molar-refractivity contribution in [2.75, 3.05) is 24.8 Å². The van der Waals surface area contributed by atoms with Gasteiger partial charge in [0.15, 0.2) is 5.82 Å². The molecular weight excluding hydrogens is 562 g/mol. The summed E-state index contributed by atoms with van der Waals surface area (Å²) in [6.07, 6.45) is 4.19. The average molecular weight is 583 g/mol. The summed E-state index contributed by atoms with van der Waals surface area (Å²) in [5, 5.41) is 15.2. The van der Waals surface area contributed by atoms with Crippen LogP contribution in [0.25, 0.3) is 22.2 Å². The number of nitro benzene ring substituents is 1. The summed E-state index contributed by atoms with van der Waals surface area (Å²) >= 11 is 6.20. The summed E-state index contributed by atoms with van der Waals surface area (Å²) in [4.78, 5) is 25.9. The number of benzene rings is 2. The predicted molar refractivity (Wildman–Crippen MR) is 147 cm³/mol. The van der Waals surface area contributed by atoms with Gasteiger partial charge in [-0.1, -0.05) is 17.7 Å². The van der Waals surface area contributed by atoms with E-state index in [9.17, 15) is 14.5 Å². The first-order valence-electron chi connectivity index (χ1n) is 12.0. The number of halogens is 3. The number of hydrogen-bond acceptors (Lipinski definition) is 10. The van der Waals surface area contributed by atoms with Gasteiger partial charge < -0.3 is 25.1 Å². The number of fused-ring (bicyclic) bond motifs is 3. The third-order valence-electron chi connectivity index (χ3n) is 6.11. The fraction of sp³-hybridized carbons (Fsp3) is 0.154. The van der Waals surface area contributed by atoms with E-state index < -0.39 is 22.2 Å². The van der Waals surface area contributed by atoms with E-state index in [4.69, 9.17) is 26.8 Å². The van der Waals surface area contributed by atoms with Gasteiger partial charge in [0, 0.05) is 47.0 Å². The van der Waals surface area contributed by atoms with Crippen molar-refractivity contribution in [3.8, 4) is 17.0 Å². The molecule has 4 heterocycles. The Labute approximate surface area is 235 Å². The molecule has 2 aromatic carbocycles. The van der Waals surface area contributed by atoms with Crippen LogP contribution >= 0.6 is 11.6 Å². The number of nitrogens with two attached hydrogens (primary N) is 1. The van der Waals surface area contributed by atoms with Crippen molar-refractivity contribution in [2.45, 2.75) is 13.2 Å². The number of nitro groups is 1. The molecule has 0 amide bonds. The van der Waals surface area contributed by atoms with Gasteiger partial charge in [0.1, 0.15) is 11.4 Å². The lowest BCUT2D eigenvalue weighted by molar-refractivity contribution is -0.387. The number of anilines is 3. The summed E-state index contributed by atoms with van der Waals surface area (Å²) in [5.74, 6) is -1.47. The Kier molecular flexibility index (Phi) is 7.85. The van der Waals surface area contributed by atoms with Crippen LogP contribution in [0.5, 0.6) is 5.75 Å². The molecule has 0 spiro atoms. The third kappa shape index (κ3) is 5.69. The normalized spacial score (nSPS) is 12.3. The number of methoxy groups -OCH3 is 1. The Balaban J connectivity index is 0.000000423. The summed E-state index contributed by atoms with van der Waals surface area (Å²) < 4.78 is 41.8. The summed E-state index contributed by atoms with van der Waals surface area (Å²) in [5.41, 5.74) is 6.54. The Morgan fingerprint density at radius 3 is 2.63 bits per heavy atom. The van der Waals surface area contributed by atoms with E-state index in [-0.39, 0.29) is 29.7 Å². The standard InChI is InChI=1S/C22H16ClF2N5O4.C4H5N3/c1-33-19-7-13(24)17(30(31)32)8-15(19)27-22-26-9-14(25)21(28-22)20-12-3-2-11(23)6-16(12)29-4-5-34-10-18(20)29;5-4-6-2-1-3-7-4/h2-3,6-9H,4-5,10H2,1H3,(H,26,27,28);1-3H,(H2,5,6,7). The van der Waals surface area contributed by atoms with Crippen LogP contribution in [0.1, 0.15) is 5.69 Å². The van der Waals surface area contributed by atoms with Gasteiger partial charge in [-0.05, 0) is 18.2 Å². The van der Waals surface area contributed by atoms with Gasteiger partial charge in [0.05, 0.1) is 48.3 Å². The molecular formula is C26H21ClF2N8O4. The van der Waals surface area contributed by atoms with Crippen LogP contribution < -0.4 is 15.8 Å². The summed E-state index contributed by atoms with van der Waals surface area (Å²) in [6.45, 7) is 1.33. The molecule has 0 radical (unpaired) electrons. The van der Waals surface area contributed by atoms with Crippen LogP contribution in [-0.4, -0.2) is 43.1 Å². The number of nitrogens with zero attached hydrogens (tertiary/aromatic N) is 6. The topological polar surface area (TPSA) is 156 Å². The van der Waals surface area contributed by atoms with Crippen molar-refractivity contribution >= 4 is 45.8 Å². The Bertz CT molecular complexity index is 1750. The van der Waals surface area contributed by atoms with Gasteiger partial charge in [-0.25, -0.2) is 24.3 Å². The van der Waals surface area contributed by atoms with Crippen molar-refractivity contribution in [3.63, 3.8) is 0 Å². The number of nitrogen functional groups attached to an aromatic ring is 1. The van der Waals surface area contributed by atoms with E-state index in [1.54, 1.807) is 36.7 Å². The zero-order valence-corrected chi connectivity index (χ0v) is 22.1.